The number of fused-ring (bicyclic) bond motifs is 10. The highest BCUT2D eigenvalue weighted by Gasteiger charge is 2.17. The molecule has 3 heteroatoms. The third-order valence-corrected chi connectivity index (χ3v) is 8.09. The summed E-state index contributed by atoms with van der Waals surface area (Å²) < 4.78 is 5.09. The van der Waals surface area contributed by atoms with Crippen molar-refractivity contribution in [2.24, 2.45) is 0 Å². The lowest BCUT2D eigenvalue weighted by Gasteiger charge is -2.08. The van der Waals surface area contributed by atoms with Crippen LogP contribution in [0.3, 0.4) is 0 Å². The van der Waals surface area contributed by atoms with Crippen molar-refractivity contribution in [2.75, 3.05) is 0 Å². The first-order valence-electron chi connectivity index (χ1n) is 11.2. The molecule has 0 saturated heterocycles. The largest absolute Gasteiger partial charge is 0.354 e. The molecular weight excluding hydrogens is 420 g/mol. The number of rotatable bonds is 1. The van der Waals surface area contributed by atoms with Gasteiger partial charge in [-0.25, -0.2) is 0 Å². The fourth-order valence-corrected chi connectivity index (χ4v) is 6.59. The van der Waals surface area contributed by atoms with Crippen molar-refractivity contribution in [1.82, 2.24) is 9.55 Å². The summed E-state index contributed by atoms with van der Waals surface area (Å²) in [6, 6.07) is 37.5. The molecule has 0 aliphatic carbocycles. The monoisotopic (exact) mass is 438 g/mol. The second-order valence-electron chi connectivity index (χ2n) is 8.68. The summed E-state index contributed by atoms with van der Waals surface area (Å²) in [4.78, 5) is 3.72. The van der Waals surface area contributed by atoms with Gasteiger partial charge < -0.3 is 9.55 Å². The van der Waals surface area contributed by atoms with Crippen LogP contribution in [0.4, 0.5) is 0 Å². The molecule has 33 heavy (non-hydrogen) atoms. The Kier molecular flexibility index (Phi) is 3.31. The number of para-hydroxylation sites is 2. The Labute approximate surface area is 193 Å². The summed E-state index contributed by atoms with van der Waals surface area (Å²) in [5.74, 6) is 0. The summed E-state index contributed by atoms with van der Waals surface area (Å²) in [5, 5.41) is 7.77. The molecule has 1 N–H and O–H groups in total. The number of aromatic nitrogens is 2. The normalized spacial score (nSPS) is 12.2. The van der Waals surface area contributed by atoms with E-state index >= 15 is 0 Å². The number of H-pyrrole nitrogens is 1. The van der Waals surface area contributed by atoms with Gasteiger partial charge in [0.05, 0.1) is 16.6 Å². The molecule has 0 amide bonds. The van der Waals surface area contributed by atoms with Gasteiger partial charge >= 0.3 is 0 Å². The van der Waals surface area contributed by atoms with E-state index in [1.54, 1.807) is 0 Å². The van der Waals surface area contributed by atoms with Gasteiger partial charge in [-0.3, -0.25) is 0 Å². The summed E-state index contributed by atoms with van der Waals surface area (Å²) in [7, 11) is 0. The van der Waals surface area contributed by atoms with Gasteiger partial charge in [0.15, 0.2) is 0 Å². The van der Waals surface area contributed by atoms with Crippen molar-refractivity contribution in [2.45, 2.75) is 0 Å². The first kappa shape index (κ1) is 17.5. The van der Waals surface area contributed by atoms with Crippen LogP contribution in [0.5, 0.6) is 0 Å². The Hall–Kier alpha value is -4.08. The number of nitrogens with zero attached hydrogens (tertiary/aromatic N) is 1. The van der Waals surface area contributed by atoms with Gasteiger partial charge in [-0.1, -0.05) is 60.7 Å². The molecule has 0 aliphatic heterocycles. The molecule has 0 fully saturated rings. The van der Waals surface area contributed by atoms with Gasteiger partial charge in [0.25, 0.3) is 0 Å². The van der Waals surface area contributed by atoms with Crippen LogP contribution >= 0.6 is 11.3 Å². The van der Waals surface area contributed by atoms with Crippen LogP contribution in [0.15, 0.2) is 103 Å². The molecule has 154 valence electrons. The van der Waals surface area contributed by atoms with Gasteiger partial charge in [0, 0.05) is 52.9 Å². The molecule has 0 spiro atoms. The highest BCUT2D eigenvalue weighted by atomic mass is 32.1. The second-order valence-corrected chi connectivity index (χ2v) is 9.77. The minimum absolute atomic E-state index is 1.18. The second kappa shape index (κ2) is 6.25. The summed E-state index contributed by atoms with van der Waals surface area (Å²) in [6.45, 7) is 0. The molecule has 3 aromatic heterocycles. The molecule has 3 heterocycles. The van der Waals surface area contributed by atoms with Crippen LogP contribution in [-0.2, 0) is 0 Å². The highest BCUT2D eigenvalue weighted by Crippen LogP contribution is 2.40. The lowest BCUT2D eigenvalue weighted by Crippen LogP contribution is -1.93. The zero-order valence-corrected chi connectivity index (χ0v) is 18.5. The van der Waals surface area contributed by atoms with Crippen LogP contribution in [-0.4, -0.2) is 9.55 Å². The van der Waals surface area contributed by atoms with Crippen molar-refractivity contribution in [3.8, 4) is 5.69 Å². The van der Waals surface area contributed by atoms with Crippen molar-refractivity contribution >= 4 is 75.1 Å². The maximum Gasteiger partial charge on any atom is 0.0566 e. The molecule has 0 aliphatic rings. The topological polar surface area (TPSA) is 20.7 Å². The summed E-state index contributed by atoms with van der Waals surface area (Å²) >= 11 is 1.86. The van der Waals surface area contributed by atoms with E-state index in [-0.39, 0.29) is 0 Å². The lowest BCUT2D eigenvalue weighted by molar-refractivity contribution is 1.19. The Morgan fingerprint density at radius 2 is 1.30 bits per heavy atom. The zero-order valence-electron chi connectivity index (χ0n) is 17.7. The minimum atomic E-state index is 1.18. The number of nitrogens with one attached hydrogen (secondary N) is 1. The predicted molar refractivity (Wildman–Crippen MR) is 143 cm³/mol. The van der Waals surface area contributed by atoms with E-state index in [0.717, 1.165) is 0 Å². The molecule has 0 unspecified atom stereocenters. The molecule has 8 aromatic rings. The fraction of sp³-hybridized carbons (Fsp3) is 0. The van der Waals surface area contributed by atoms with E-state index in [1.165, 1.54) is 69.5 Å². The van der Waals surface area contributed by atoms with E-state index < -0.39 is 0 Å². The molecule has 5 aromatic carbocycles. The molecule has 8 rings (SSSR count). The quantitative estimate of drug-likeness (QED) is 0.264. The highest BCUT2D eigenvalue weighted by molar-refractivity contribution is 7.25. The molecule has 0 radical (unpaired) electrons. The van der Waals surface area contributed by atoms with Gasteiger partial charge in [0.2, 0.25) is 0 Å². The summed E-state index contributed by atoms with van der Waals surface area (Å²) in [5.41, 5.74) is 6.06. The minimum Gasteiger partial charge on any atom is -0.354 e. The smallest absolute Gasteiger partial charge is 0.0566 e. The molecule has 2 nitrogen and oxygen atoms in total. The predicted octanol–water partition coefficient (Wildman–Crippen LogP) is 8.79. The average Bonchev–Trinajstić information content (AvgIpc) is 3.52. The van der Waals surface area contributed by atoms with Crippen LogP contribution in [0.25, 0.3) is 69.5 Å². The third kappa shape index (κ3) is 2.27. The van der Waals surface area contributed by atoms with Crippen molar-refractivity contribution in [3.63, 3.8) is 0 Å². The Bertz CT molecular complexity index is 2030. The standard InChI is InChI=1S/C30H18N2S/c1-4-10-24-19(7-1)21-14-15-26-29(30(21)31-24)22-9-2-5-11-25(22)32(26)18-13-16-28-23(17-18)20-8-3-6-12-27(20)33-28/h1-17,31H. The molecule has 0 saturated carbocycles. The first-order chi connectivity index (χ1) is 16.4. The van der Waals surface area contributed by atoms with Gasteiger partial charge in [-0.15, -0.1) is 11.3 Å². The number of benzene rings is 5. The molecule has 0 atom stereocenters. The number of hydrogen-bond donors (Lipinski definition) is 1. The van der Waals surface area contributed by atoms with Crippen molar-refractivity contribution < 1.29 is 0 Å². The van der Waals surface area contributed by atoms with Crippen LogP contribution in [0.1, 0.15) is 0 Å². The Morgan fingerprint density at radius 3 is 2.24 bits per heavy atom. The number of hydrogen-bond acceptors (Lipinski definition) is 1. The Morgan fingerprint density at radius 1 is 0.545 bits per heavy atom. The summed E-state index contributed by atoms with van der Waals surface area (Å²) in [6.07, 6.45) is 0. The zero-order chi connectivity index (χ0) is 21.5. The first-order valence-corrected chi connectivity index (χ1v) is 12.0. The van der Waals surface area contributed by atoms with Gasteiger partial charge in [-0.2, -0.15) is 0 Å². The third-order valence-electron chi connectivity index (χ3n) is 6.93. The fourth-order valence-electron chi connectivity index (χ4n) is 5.51. The Balaban J connectivity index is 1.53. The van der Waals surface area contributed by atoms with E-state index in [1.807, 2.05) is 11.3 Å². The van der Waals surface area contributed by atoms with E-state index in [4.69, 9.17) is 0 Å². The SMILES string of the molecule is c1ccc2c(c1)[nH]c1c2ccc2c1c1ccccc1n2-c1ccc2sc3ccccc3c2c1. The average molecular weight is 439 g/mol. The van der Waals surface area contributed by atoms with E-state index in [9.17, 15) is 0 Å². The number of thiophene rings is 1. The van der Waals surface area contributed by atoms with E-state index in [0.29, 0.717) is 0 Å². The van der Waals surface area contributed by atoms with Gasteiger partial charge in [0.1, 0.15) is 0 Å². The van der Waals surface area contributed by atoms with Crippen LogP contribution in [0.2, 0.25) is 0 Å². The maximum atomic E-state index is 3.72. The van der Waals surface area contributed by atoms with Crippen LogP contribution in [0, 0.1) is 0 Å². The lowest BCUT2D eigenvalue weighted by atomic mass is 10.1. The van der Waals surface area contributed by atoms with Crippen molar-refractivity contribution in [3.05, 3.63) is 103 Å². The van der Waals surface area contributed by atoms with Crippen molar-refractivity contribution in [1.29, 1.82) is 0 Å². The maximum absolute atomic E-state index is 3.72. The number of aromatic amines is 1. The van der Waals surface area contributed by atoms with Crippen LogP contribution < -0.4 is 0 Å². The van der Waals surface area contributed by atoms with E-state index in [2.05, 4.69) is 113 Å². The molecule has 0 bridgehead atoms. The molecular formula is C30H18N2S. The van der Waals surface area contributed by atoms with Gasteiger partial charge in [-0.05, 0) is 42.5 Å².